The molecule has 0 spiro atoms. The maximum absolute atomic E-state index is 10.2. The summed E-state index contributed by atoms with van der Waals surface area (Å²) in [5.41, 5.74) is 0. The third-order valence-corrected chi connectivity index (χ3v) is 2.09. The number of aliphatic carboxylic acids is 1. The van der Waals surface area contributed by atoms with E-state index in [2.05, 4.69) is 17.5 Å². The molecule has 1 atom stereocenters. The van der Waals surface area contributed by atoms with Gasteiger partial charge in [0.05, 0.1) is 6.54 Å². The third kappa shape index (κ3) is 3.53. The van der Waals surface area contributed by atoms with Crippen molar-refractivity contribution in [2.45, 2.75) is 19.3 Å². The lowest BCUT2D eigenvalue weighted by Gasteiger charge is -2.17. The lowest BCUT2D eigenvalue weighted by Crippen LogP contribution is -2.28. The average molecular weight is 169 g/mol. The predicted octanol–water partition coefficient (Wildman–Crippen LogP) is 1.02. The molecular formula is C9H15NO2. The summed E-state index contributed by atoms with van der Waals surface area (Å²) in [7, 11) is 0. The van der Waals surface area contributed by atoms with E-state index in [9.17, 15) is 4.79 Å². The molecule has 12 heavy (non-hydrogen) atoms. The first-order valence-electron chi connectivity index (χ1n) is 4.36. The van der Waals surface area contributed by atoms with Crippen LogP contribution in [0.5, 0.6) is 0 Å². The molecule has 0 saturated heterocycles. The Balaban J connectivity index is 2.06. The van der Waals surface area contributed by atoms with Crippen molar-refractivity contribution in [1.29, 1.82) is 0 Å². The first-order valence-corrected chi connectivity index (χ1v) is 4.36. The lowest BCUT2D eigenvalue weighted by atomic mass is 9.94. The van der Waals surface area contributed by atoms with E-state index in [1.165, 1.54) is 6.42 Å². The van der Waals surface area contributed by atoms with Crippen LogP contribution in [-0.2, 0) is 4.79 Å². The zero-order valence-corrected chi connectivity index (χ0v) is 7.12. The fraction of sp³-hybridized carbons (Fsp3) is 0.667. The Morgan fingerprint density at radius 3 is 3.00 bits per heavy atom. The third-order valence-electron chi connectivity index (χ3n) is 2.09. The van der Waals surface area contributed by atoms with E-state index in [0.717, 1.165) is 19.4 Å². The van der Waals surface area contributed by atoms with Crippen molar-refractivity contribution in [3.8, 4) is 0 Å². The molecule has 0 saturated carbocycles. The Labute approximate surface area is 72.5 Å². The molecule has 0 aliphatic heterocycles. The van der Waals surface area contributed by atoms with Gasteiger partial charge in [0.2, 0.25) is 0 Å². The smallest absolute Gasteiger partial charge is 0.317 e. The van der Waals surface area contributed by atoms with Crippen molar-refractivity contribution in [2.75, 3.05) is 13.1 Å². The van der Waals surface area contributed by atoms with E-state index in [1.54, 1.807) is 0 Å². The van der Waals surface area contributed by atoms with Gasteiger partial charge < -0.3 is 10.4 Å². The van der Waals surface area contributed by atoms with Crippen molar-refractivity contribution in [3.05, 3.63) is 12.2 Å². The van der Waals surface area contributed by atoms with Crippen LogP contribution in [0.1, 0.15) is 19.3 Å². The normalized spacial score (nSPS) is 22.5. The van der Waals surface area contributed by atoms with Crippen LogP contribution < -0.4 is 5.32 Å². The molecule has 68 valence electrons. The minimum absolute atomic E-state index is 0.0835. The molecule has 0 amide bonds. The molecule has 0 radical (unpaired) electrons. The lowest BCUT2D eigenvalue weighted by molar-refractivity contribution is -0.136. The van der Waals surface area contributed by atoms with E-state index < -0.39 is 5.97 Å². The molecule has 0 aromatic carbocycles. The van der Waals surface area contributed by atoms with Crippen molar-refractivity contribution >= 4 is 5.97 Å². The Bertz CT molecular complexity index is 177. The van der Waals surface area contributed by atoms with Gasteiger partial charge in [-0.25, -0.2) is 0 Å². The molecular weight excluding hydrogens is 154 g/mol. The van der Waals surface area contributed by atoms with Crippen LogP contribution >= 0.6 is 0 Å². The van der Waals surface area contributed by atoms with E-state index in [-0.39, 0.29) is 6.54 Å². The van der Waals surface area contributed by atoms with Crippen LogP contribution in [-0.4, -0.2) is 24.2 Å². The predicted molar refractivity (Wildman–Crippen MR) is 47.0 cm³/mol. The SMILES string of the molecule is O=C(O)CNCC1CC=CCC1. The number of carbonyl (C=O) groups is 1. The highest BCUT2D eigenvalue weighted by molar-refractivity contribution is 5.68. The first-order chi connectivity index (χ1) is 5.79. The standard InChI is InChI=1S/C9H15NO2/c11-9(12)7-10-6-8-4-2-1-3-5-8/h1-2,8,10H,3-7H2,(H,11,12). The van der Waals surface area contributed by atoms with Crippen molar-refractivity contribution in [1.82, 2.24) is 5.32 Å². The van der Waals surface area contributed by atoms with Crippen molar-refractivity contribution < 1.29 is 9.90 Å². The summed E-state index contributed by atoms with van der Waals surface area (Å²) in [5.74, 6) is -0.143. The quantitative estimate of drug-likeness (QED) is 0.618. The summed E-state index contributed by atoms with van der Waals surface area (Å²) in [6.07, 6.45) is 7.78. The fourth-order valence-corrected chi connectivity index (χ4v) is 1.42. The number of carboxylic acid groups (broad SMARTS) is 1. The van der Waals surface area contributed by atoms with Gasteiger partial charge in [0.25, 0.3) is 0 Å². The monoisotopic (exact) mass is 169 g/mol. The van der Waals surface area contributed by atoms with E-state index >= 15 is 0 Å². The summed E-state index contributed by atoms with van der Waals surface area (Å²) >= 11 is 0. The van der Waals surface area contributed by atoms with Gasteiger partial charge in [0.1, 0.15) is 0 Å². The van der Waals surface area contributed by atoms with Crippen LogP contribution in [0.2, 0.25) is 0 Å². The second kappa shape index (κ2) is 4.93. The molecule has 1 rings (SSSR count). The maximum atomic E-state index is 10.2. The highest BCUT2D eigenvalue weighted by Gasteiger charge is 2.09. The van der Waals surface area contributed by atoms with Crippen LogP contribution in [0.4, 0.5) is 0 Å². The number of carboxylic acids is 1. The van der Waals surface area contributed by atoms with Gasteiger partial charge >= 0.3 is 5.97 Å². The molecule has 1 aliphatic carbocycles. The van der Waals surface area contributed by atoms with Crippen molar-refractivity contribution in [3.63, 3.8) is 0 Å². The summed E-state index contributed by atoms with van der Waals surface area (Å²) < 4.78 is 0. The topological polar surface area (TPSA) is 49.3 Å². The largest absolute Gasteiger partial charge is 0.480 e. The average Bonchev–Trinajstić information content (AvgIpc) is 2.05. The Morgan fingerprint density at radius 1 is 1.58 bits per heavy atom. The fourth-order valence-electron chi connectivity index (χ4n) is 1.42. The molecule has 1 aliphatic rings. The second-order valence-electron chi connectivity index (χ2n) is 3.18. The summed E-state index contributed by atoms with van der Waals surface area (Å²) in [6, 6.07) is 0. The molecule has 0 bridgehead atoms. The summed E-state index contributed by atoms with van der Waals surface area (Å²) in [6.45, 7) is 0.914. The highest BCUT2D eigenvalue weighted by atomic mass is 16.4. The maximum Gasteiger partial charge on any atom is 0.317 e. The molecule has 3 nitrogen and oxygen atoms in total. The molecule has 0 aromatic rings. The first kappa shape index (κ1) is 9.26. The molecule has 0 fully saturated rings. The Morgan fingerprint density at radius 2 is 2.42 bits per heavy atom. The van der Waals surface area contributed by atoms with Gasteiger partial charge in [-0.15, -0.1) is 0 Å². The van der Waals surface area contributed by atoms with E-state index in [0.29, 0.717) is 5.92 Å². The van der Waals surface area contributed by atoms with Gasteiger partial charge in [-0.3, -0.25) is 4.79 Å². The summed E-state index contributed by atoms with van der Waals surface area (Å²) in [4.78, 5) is 10.2. The van der Waals surface area contributed by atoms with Crippen molar-refractivity contribution in [2.24, 2.45) is 5.92 Å². The van der Waals surface area contributed by atoms with Crippen LogP contribution in [0, 0.1) is 5.92 Å². The minimum atomic E-state index is -0.777. The van der Waals surface area contributed by atoms with Gasteiger partial charge in [0.15, 0.2) is 0 Å². The summed E-state index contributed by atoms with van der Waals surface area (Å²) in [5, 5.41) is 11.3. The van der Waals surface area contributed by atoms with Crippen LogP contribution in [0.15, 0.2) is 12.2 Å². The number of hydrogen-bond donors (Lipinski definition) is 2. The molecule has 0 heterocycles. The minimum Gasteiger partial charge on any atom is -0.480 e. The number of rotatable bonds is 4. The van der Waals surface area contributed by atoms with Crippen LogP contribution in [0.3, 0.4) is 0 Å². The van der Waals surface area contributed by atoms with Gasteiger partial charge in [-0.05, 0) is 31.7 Å². The van der Waals surface area contributed by atoms with Gasteiger partial charge in [-0.2, -0.15) is 0 Å². The van der Waals surface area contributed by atoms with E-state index in [1.807, 2.05) is 0 Å². The molecule has 1 unspecified atom stereocenters. The second-order valence-corrected chi connectivity index (χ2v) is 3.18. The molecule has 3 heteroatoms. The zero-order chi connectivity index (χ0) is 8.81. The number of nitrogens with one attached hydrogen (secondary N) is 1. The number of allylic oxidation sites excluding steroid dienone is 2. The zero-order valence-electron chi connectivity index (χ0n) is 7.12. The van der Waals surface area contributed by atoms with E-state index in [4.69, 9.17) is 5.11 Å². The van der Waals surface area contributed by atoms with Crippen LogP contribution in [0.25, 0.3) is 0 Å². The highest BCUT2D eigenvalue weighted by Crippen LogP contribution is 2.16. The van der Waals surface area contributed by atoms with Gasteiger partial charge in [-0.1, -0.05) is 12.2 Å². The molecule has 0 aromatic heterocycles. The van der Waals surface area contributed by atoms with Gasteiger partial charge in [0, 0.05) is 0 Å². The number of hydrogen-bond acceptors (Lipinski definition) is 2. The Hall–Kier alpha value is -0.830. The Kier molecular flexibility index (Phi) is 3.80. The molecule has 2 N–H and O–H groups in total.